The first-order valence-corrected chi connectivity index (χ1v) is 20.9. The van der Waals surface area contributed by atoms with E-state index in [2.05, 4.69) is 23.5 Å². The molecule has 0 spiro atoms. The SMILES string of the molecule is C#CC(CC(=O)O)NC(=O)[C@@H]1CCCN(C(=O)CCC2CCNCC2)C1.C[C@]12CC[C@@H](O)C[C@H]1CC[C@@H]1[C@@H]2C(=O)C[C@@]2(C)[C@H]1CC[C@]2(OC(=O)C(F)(F)F)C(=O)CO. The number of likely N-dealkylation sites (tertiary alicyclic amines) is 1. The van der Waals surface area contributed by atoms with Crippen molar-refractivity contribution in [3.05, 3.63) is 0 Å². The molecule has 6 rings (SSSR count). The van der Waals surface area contributed by atoms with E-state index in [1.807, 2.05) is 0 Å². The van der Waals surface area contributed by atoms with Gasteiger partial charge in [0.25, 0.3) is 0 Å². The predicted molar refractivity (Wildman–Crippen MR) is 202 cm³/mol. The monoisotopic (exact) mass is 823 g/mol. The number of aliphatic hydroxyl groups is 2. The van der Waals surface area contributed by atoms with E-state index in [4.69, 9.17) is 16.3 Å². The Labute approximate surface area is 337 Å². The van der Waals surface area contributed by atoms with E-state index in [0.717, 1.165) is 45.2 Å². The minimum absolute atomic E-state index is 0.111. The van der Waals surface area contributed by atoms with Crippen LogP contribution in [0.1, 0.15) is 110 Å². The van der Waals surface area contributed by atoms with Crippen LogP contribution in [0.2, 0.25) is 0 Å². The molecule has 0 bridgehead atoms. The zero-order chi connectivity index (χ0) is 42.6. The maximum absolute atomic E-state index is 13.6. The number of rotatable bonds is 10. The van der Waals surface area contributed by atoms with Gasteiger partial charge in [-0.25, -0.2) is 4.79 Å². The number of hydrogen-bond donors (Lipinski definition) is 5. The minimum Gasteiger partial charge on any atom is -0.481 e. The van der Waals surface area contributed by atoms with Crippen molar-refractivity contribution in [1.29, 1.82) is 0 Å². The normalized spacial score (nSPS) is 35.4. The first-order chi connectivity index (χ1) is 27.3. The van der Waals surface area contributed by atoms with Gasteiger partial charge in [0.15, 0.2) is 5.60 Å². The van der Waals surface area contributed by atoms with Gasteiger partial charge in [0, 0.05) is 37.3 Å². The van der Waals surface area contributed by atoms with Crippen molar-refractivity contribution in [2.75, 3.05) is 32.8 Å². The van der Waals surface area contributed by atoms with Gasteiger partial charge in [0.2, 0.25) is 17.6 Å². The van der Waals surface area contributed by atoms with Crippen LogP contribution in [0.4, 0.5) is 13.2 Å². The van der Waals surface area contributed by atoms with Gasteiger partial charge >= 0.3 is 18.1 Å². The largest absolute Gasteiger partial charge is 0.490 e. The number of piperidine rings is 2. The molecule has 0 radical (unpaired) electrons. The predicted octanol–water partition coefficient (Wildman–Crippen LogP) is 3.57. The fraction of sp³-hybridized carbons (Fsp3) is 0.810. The molecule has 0 aromatic rings. The molecule has 324 valence electrons. The lowest BCUT2D eigenvalue weighted by molar-refractivity contribution is -0.228. The van der Waals surface area contributed by atoms with Crippen LogP contribution in [-0.4, -0.2) is 112 Å². The van der Waals surface area contributed by atoms with Gasteiger partial charge in [-0.3, -0.25) is 24.0 Å². The topological polar surface area (TPSA) is 200 Å². The summed E-state index contributed by atoms with van der Waals surface area (Å²) in [6.07, 6.45) is 7.97. The smallest absolute Gasteiger partial charge is 0.481 e. The number of carboxylic acids is 1. The van der Waals surface area contributed by atoms with Crippen LogP contribution >= 0.6 is 0 Å². The standard InChI is InChI=1S/C23H31F3O6.C19H29N3O4/c1-20-7-5-13(28)9-12(20)3-4-14-15-6-8-22(17(30)11-27,32-19(31)23(24,25)26)21(15,2)10-16(29)18(14)20;1-2-16(12-18(24)25)21-19(26)15-4-3-11-22(13-15)17(23)6-5-14-7-9-20-10-8-14/h12-15,18,27-28H,3-11H2,1-2H3;1,14-16,20H,3-13H2,(H,21,26)(H,24,25)/t12-,13-,14+,15+,18-,20+,21+,22+;15-,16?/m11/s1. The number of ketones is 2. The van der Waals surface area contributed by atoms with E-state index >= 15 is 0 Å². The number of aliphatic hydroxyl groups excluding tert-OH is 2. The maximum Gasteiger partial charge on any atom is 0.490 e. The number of carbonyl (C=O) groups excluding carboxylic acids is 5. The molecule has 13 nitrogen and oxygen atoms in total. The first-order valence-electron chi connectivity index (χ1n) is 20.9. The highest BCUT2D eigenvalue weighted by atomic mass is 19.4. The Balaban J connectivity index is 0.000000226. The van der Waals surface area contributed by atoms with Crippen molar-refractivity contribution in [2.45, 2.75) is 134 Å². The summed E-state index contributed by atoms with van der Waals surface area (Å²) < 4.78 is 44.1. The number of terminal acetylenes is 1. The van der Waals surface area contributed by atoms with Gasteiger partial charge in [-0.2, -0.15) is 13.2 Å². The number of fused-ring (bicyclic) bond motifs is 5. The Morgan fingerprint density at radius 3 is 2.40 bits per heavy atom. The van der Waals surface area contributed by atoms with E-state index in [-0.39, 0.29) is 78.0 Å². The average Bonchev–Trinajstić information content (AvgIpc) is 3.48. The number of Topliss-reactive ketones (excluding diaryl/α,β-unsaturated/α-hetero) is 2. The lowest BCUT2D eigenvalue weighted by Gasteiger charge is -2.60. The van der Waals surface area contributed by atoms with Crippen molar-refractivity contribution >= 4 is 35.3 Å². The molecule has 58 heavy (non-hydrogen) atoms. The first kappa shape index (κ1) is 45.5. The second kappa shape index (κ2) is 18.4. The number of halogens is 3. The fourth-order valence-corrected chi connectivity index (χ4v) is 11.8. The second-order valence-electron chi connectivity index (χ2n) is 18.1. The molecular weight excluding hydrogens is 763 g/mol. The molecule has 4 aliphatic carbocycles. The lowest BCUT2D eigenvalue weighted by Crippen LogP contribution is -2.63. The van der Waals surface area contributed by atoms with E-state index < -0.39 is 47.6 Å². The molecular formula is C42H60F3N3O10. The molecule has 5 N–H and O–H groups in total. The zero-order valence-electron chi connectivity index (χ0n) is 33.6. The number of nitrogens with one attached hydrogen (secondary N) is 2. The number of ether oxygens (including phenoxy) is 1. The highest BCUT2D eigenvalue weighted by Gasteiger charge is 2.71. The number of amides is 2. The number of carboxylic acid groups (broad SMARTS) is 1. The molecule has 0 aromatic carbocycles. The summed E-state index contributed by atoms with van der Waals surface area (Å²) in [5.74, 6) is -2.66. The third-order valence-corrected chi connectivity index (χ3v) is 14.8. The molecule has 6 aliphatic rings. The van der Waals surface area contributed by atoms with Gasteiger partial charge in [0.05, 0.1) is 18.4 Å². The molecule has 10 atom stereocenters. The number of alkyl halides is 3. The Morgan fingerprint density at radius 1 is 1.05 bits per heavy atom. The van der Waals surface area contributed by atoms with Crippen LogP contribution in [0, 0.1) is 58.7 Å². The molecule has 6 fully saturated rings. The summed E-state index contributed by atoms with van der Waals surface area (Å²) >= 11 is 0. The minimum atomic E-state index is -5.28. The summed E-state index contributed by atoms with van der Waals surface area (Å²) in [6.45, 7) is 5.73. The Morgan fingerprint density at radius 2 is 1.76 bits per heavy atom. The number of aliphatic carboxylic acids is 1. The molecule has 16 heteroatoms. The zero-order valence-corrected chi connectivity index (χ0v) is 33.6. The molecule has 1 unspecified atom stereocenters. The Bertz CT molecular complexity index is 1610. The van der Waals surface area contributed by atoms with Crippen molar-refractivity contribution in [1.82, 2.24) is 15.5 Å². The van der Waals surface area contributed by atoms with Crippen LogP contribution in [-0.2, 0) is 33.5 Å². The van der Waals surface area contributed by atoms with Crippen LogP contribution in [0.3, 0.4) is 0 Å². The van der Waals surface area contributed by atoms with E-state index in [9.17, 15) is 52.2 Å². The summed E-state index contributed by atoms with van der Waals surface area (Å²) in [4.78, 5) is 75.6. The van der Waals surface area contributed by atoms with Gasteiger partial charge in [-0.15, -0.1) is 6.42 Å². The number of hydrogen-bond acceptors (Lipinski definition) is 10. The Hall–Kier alpha value is -3.55. The third kappa shape index (κ3) is 9.41. The summed E-state index contributed by atoms with van der Waals surface area (Å²) in [5, 5.41) is 34.5. The van der Waals surface area contributed by atoms with Crippen LogP contribution < -0.4 is 10.6 Å². The Kier molecular flexibility index (Phi) is 14.4. The van der Waals surface area contributed by atoms with Gasteiger partial charge in [-0.1, -0.05) is 19.8 Å². The number of esters is 1. The molecule has 2 heterocycles. The lowest BCUT2D eigenvalue weighted by atomic mass is 9.44. The van der Waals surface area contributed by atoms with Crippen LogP contribution in [0.15, 0.2) is 0 Å². The fourth-order valence-electron chi connectivity index (χ4n) is 11.8. The highest BCUT2D eigenvalue weighted by Crippen LogP contribution is 2.68. The van der Waals surface area contributed by atoms with E-state index in [1.54, 1.807) is 11.8 Å². The maximum atomic E-state index is 13.6. The second-order valence-corrected chi connectivity index (χ2v) is 18.1. The van der Waals surface area contributed by atoms with Gasteiger partial charge in [0.1, 0.15) is 18.4 Å². The molecule has 0 aromatic heterocycles. The molecule has 2 saturated heterocycles. The van der Waals surface area contributed by atoms with E-state index in [0.29, 0.717) is 64.0 Å². The van der Waals surface area contributed by atoms with Gasteiger partial charge in [-0.05, 0) is 119 Å². The summed E-state index contributed by atoms with van der Waals surface area (Å²) in [7, 11) is 0. The average molecular weight is 824 g/mol. The van der Waals surface area contributed by atoms with Gasteiger partial charge < -0.3 is 35.6 Å². The van der Waals surface area contributed by atoms with Crippen molar-refractivity contribution in [3.8, 4) is 12.3 Å². The molecule has 2 aliphatic heterocycles. The van der Waals surface area contributed by atoms with Crippen molar-refractivity contribution in [3.63, 3.8) is 0 Å². The van der Waals surface area contributed by atoms with Crippen molar-refractivity contribution in [2.24, 2.45) is 46.3 Å². The number of nitrogens with zero attached hydrogens (tertiary/aromatic N) is 1. The van der Waals surface area contributed by atoms with E-state index in [1.165, 1.54) is 0 Å². The summed E-state index contributed by atoms with van der Waals surface area (Å²) in [6, 6.07) is -0.814. The quantitative estimate of drug-likeness (QED) is 0.160. The third-order valence-electron chi connectivity index (χ3n) is 14.8. The van der Waals surface area contributed by atoms with Crippen LogP contribution in [0.5, 0.6) is 0 Å². The van der Waals surface area contributed by atoms with Crippen LogP contribution in [0.25, 0.3) is 0 Å². The highest BCUT2D eigenvalue weighted by molar-refractivity contribution is 5.95. The van der Waals surface area contributed by atoms with Crippen molar-refractivity contribution < 1.29 is 62.0 Å². The molecule has 2 amide bonds. The summed E-state index contributed by atoms with van der Waals surface area (Å²) in [5.41, 5.74) is -3.76. The molecule has 4 saturated carbocycles. The number of carbonyl (C=O) groups is 6.